The maximum atomic E-state index is 5.17. The zero-order valence-electron chi connectivity index (χ0n) is 10.6. The Morgan fingerprint density at radius 1 is 1.59 bits per heavy atom. The zero-order valence-corrected chi connectivity index (χ0v) is 13.0. The molecule has 4 nitrogen and oxygen atoms in total. The van der Waals surface area contributed by atoms with E-state index in [4.69, 9.17) is 4.74 Å². The van der Waals surface area contributed by atoms with E-state index in [1.54, 1.807) is 13.3 Å². The second-order valence-electron chi connectivity index (χ2n) is 3.77. The summed E-state index contributed by atoms with van der Waals surface area (Å²) < 4.78 is 5.94. The van der Waals surface area contributed by atoms with Crippen LogP contribution in [0, 0.1) is 0 Å². The molecule has 1 atom stereocenters. The Bertz CT molecular complexity index is 365. The maximum absolute atomic E-state index is 5.17. The molecule has 1 aromatic heterocycles. The van der Waals surface area contributed by atoms with Gasteiger partial charge in [-0.25, -0.2) is 4.98 Å². The molecular formula is C11H18BrN3OS. The van der Waals surface area contributed by atoms with Gasteiger partial charge in [0.1, 0.15) is 0 Å². The van der Waals surface area contributed by atoms with Crippen molar-refractivity contribution in [1.82, 2.24) is 9.97 Å². The van der Waals surface area contributed by atoms with Gasteiger partial charge in [-0.05, 0) is 41.3 Å². The molecule has 0 aliphatic rings. The molecule has 17 heavy (non-hydrogen) atoms. The number of halogens is 1. The van der Waals surface area contributed by atoms with Crippen molar-refractivity contribution in [2.45, 2.75) is 19.4 Å². The van der Waals surface area contributed by atoms with Crippen LogP contribution < -0.4 is 9.64 Å². The van der Waals surface area contributed by atoms with Crippen LogP contribution in [0.1, 0.15) is 13.3 Å². The lowest BCUT2D eigenvalue weighted by Gasteiger charge is -2.24. The molecule has 1 heterocycles. The summed E-state index contributed by atoms with van der Waals surface area (Å²) in [5.74, 6) is 2.40. The molecule has 1 unspecified atom stereocenters. The second kappa shape index (κ2) is 7.06. The van der Waals surface area contributed by atoms with Crippen molar-refractivity contribution < 1.29 is 4.74 Å². The number of aromatic nitrogens is 2. The van der Waals surface area contributed by atoms with E-state index < -0.39 is 0 Å². The molecule has 0 aliphatic carbocycles. The Labute approximate surface area is 115 Å². The van der Waals surface area contributed by atoms with Crippen molar-refractivity contribution in [3.05, 3.63) is 10.7 Å². The first kappa shape index (κ1) is 14.6. The van der Waals surface area contributed by atoms with Gasteiger partial charge in [0.25, 0.3) is 0 Å². The highest BCUT2D eigenvalue weighted by molar-refractivity contribution is 9.10. The third-order valence-electron chi connectivity index (χ3n) is 2.61. The number of ether oxygens (including phenoxy) is 1. The molecule has 0 amide bonds. The van der Waals surface area contributed by atoms with E-state index in [0.717, 1.165) is 16.6 Å². The Hall–Kier alpha value is -0.490. The summed E-state index contributed by atoms with van der Waals surface area (Å²) >= 11 is 5.20. The summed E-state index contributed by atoms with van der Waals surface area (Å²) in [7, 11) is 3.61. The molecule has 0 saturated heterocycles. The van der Waals surface area contributed by atoms with Gasteiger partial charge in [-0.2, -0.15) is 16.7 Å². The van der Waals surface area contributed by atoms with Crippen LogP contribution in [0.2, 0.25) is 0 Å². The third kappa shape index (κ3) is 4.03. The molecule has 1 aromatic rings. The molecule has 0 saturated carbocycles. The lowest BCUT2D eigenvalue weighted by molar-refractivity contribution is 0.393. The molecular weight excluding hydrogens is 302 g/mol. The molecule has 0 N–H and O–H groups in total. The summed E-state index contributed by atoms with van der Waals surface area (Å²) in [4.78, 5) is 10.7. The molecule has 0 fully saturated rings. The van der Waals surface area contributed by atoms with Crippen molar-refractivity contribution in [1.29, 1.82) is 0 Å². The van der Waals surface area contributed by atoms with Crippen molar-refractivity contribution in [3.63, 3.8) is 0 Å². The fourth-order valence-corrected chi connectivity index (χ4v) is 2.26. The highest BCUT2D eigenvalue weighted by Gasteiger charge is 2.14. The van der Waals surface area contributed by atoms with E-state index in [-0.39, 0.29) is 0 Å². The van der Waals surface area contributed by atoms with Gasteiger partial charge in [-0.15, -0.1) is 0 Å². The van der Waals surface area contributed by atoms with E-state index in [1.165, 1.54) is 0 Å². The molecule has 0 spiro atoms. The third-order valence-corrected chi connectivity index (χ3v) is 3.80. The van der Waals surface area contributed by atoms with E-state index in [2.05, 4.69) is 44.0 Å². The average molecular weight is 320 g/mol. The van der Waals surface area contributed by atoms with Crippen LogP contribution in [0.3, 0.4) is 0 Å². The number of anilines is 1. The van der Waals surface area contributed by atoms with Crippen molar-refractivity contribution in [2.24, 2.45) is 0 Å². The Morgan fingerprint density at radius 2 is 2.29 bits per heavy atom. The summed E-state index contributed by atoms with van der Waals surface area (Å²) in [6.45, 7) is 2.17. The fourth-order valence-electron chi connectivity index (χ4n) is 1.33. The Morgan fingerprint density at radius 3 is 2.88 bits per heavy atom. The standard InChI is InChI=1S/C11H18BrN3OS/c1-8(5-6-17-4)15(2)11-13-7-9(12)10(14-11)16-3/h7-8H,5-6H2,1-4H3. The fraction of sp³-hybridized carbons (Fsp3) is 0.636. The van der Waals surface area contributed by atoms with Crippen molar-refractivity contribution in [2.75, 3.05) is 31.1 Å². The highest BCUT2D eigenvalue weighted by Crippen LogP contribution is 2.24. The predicted molar refractivity (Wildman–Crippen MR) is 77.1 cm³/mol. The lowest BCUT2D eigenvalue weighted by atomic mass is 10.2. The topological polar surface area (TPSA) is 38.2 Å². The van der Waals surface area contributed by atoms with Gasteiger partial charge in [0.2, 0.25) is 11.8 Å². The Kier molecular flexibility index (Phi) is 6.05. The summed E-state index contributed by atoms with van der Waals surface area (Å²) in [6.07, 6.45) is 4.95. The minimum absolute atomic E-state index is 0.410. The number of methoxy groups -OCH3 is 1. The van der Waals surface area contributed by atoms with Gasteiger partial charge < -0.3 is 9.64 Å². The maximum Gasteiger partial charge on any atom is 0.232 e. The molecule has 1 rings (SSSR count). The van der Waals surface area contributed by atoms with Gasteiger partial charge in [-0.1, -0.05) is 0 Å². The lowest BCUT2D eigenvalue weighted by Crippen LogP contribution is -2.30. The quantitative estimate of drug-likeness (QED) is 0.806. The molecule has 96 valence electrons. The second-order valence-corrected chi connectivity index (χ2v) is 5.61. The van der Waals surface area contributed by atoms with Gasteiger partial charge in [0.05, 0.1) is 17.8 Å². The van der Waals surface area contributed by atoms with Crippen LogP contribution >= 0.6 is 27.7 Å². The summed E-state index contributed by atoms with van der Waals surface area (Å²) in [5.41, 5.74) is 0. The van der Waals surface area contributed by atoms with E-state index >= 15 is 0 Å². The predicted octanol–water partition coefficient (Wildman–Crippen LogP) is 2.83. The molecule has 0 aromatic carbocycles. The molecule has 0 radical (unpaired) electrons. The van der Waals surface area contributed by atoms with Gasteiger partial charge in [-0.3, -0.25) is 0 Å². The first-order valence-electron chi connectivity index (χ1n) is 5.38. The van der Waals surface area contributed by atoms with E-state index in [0.29, 0.717) is 17.9 Å². The SMILES string of the molecule is COc1nc(N(C)C(C)CCSC)ncc1Br. The van der Waals surface area contributed by atoms with Crippen LogP contribution in [0.25, 0.3) is 0 Å². The van der Waals surface area contributed by atoms with Crippen LogP contribution in [0.5, 0.6) is 5.88 Å². The highest BCUT2D eigenvalue weighted by atomic mass is 79.9. The first-order chi connectivity index (χ1) is 8.10. The normalized spacial score (nSPS) is 12.3. The summed E-state index contributed by atoms with van der Waals surface area (Å²) in [5, 5.41) is 0. The monoisotopic (exact) mass is 319 g/mol. The zero-order chi connectivity index (χ0) is 12.8. The smallest absolute Gasteiger partial charge is 0.232 e. The first-order valence-corrected chi connectivity index (χ1v) is 7.57. The Balaban J connectivity index is 2.77. The number of rotatable bonds is 6. The average Bonchev–Trinajstić information content (AvgIpc) is 2.35. The van der Waals surface area contributed by atoms with Crippen LogP contribution in [0.4, 0.5) is 5.95 Å². The molecule has 0 bridgehead atoms. The minimum atomic E-state index is 0.410. The number of nitrogens with zero attached hydrogens (tertiary/aromatic N) is 3. The number of hydrogen-bond acceptors (Lipinski definition) is 5. The van der Waals surface area contributed by atoms with E-state index in [9.17, 15) is 0 Å². The largest absolute Gasteiger partial charge is 0.480 e. The van der Waals surface area contributed by atoms with Crippen LogP contribution in [-0.2, 0) is 0 Å². The van der Waals surface area contributed by atoms with Crippen molar-refractivity contribution >= 4 is 33.6 Å². The summed E-state index contributed by atoms with van der Waals surface area (Å²) in [6, 6.07) is 0.410. The molecule has 0 aliphatic heterocycles. The van der Waals surface area contributed by atoms with Gasteiger partial charge in [0.15, 0.2) is 0 Å². The molecule has 6 heteroatoms. The van der Waals surface area contributed by atoms with Crippen LogP contribution in [-0.4, -0.2) is 42.2 Å². The van der Waals surface area contributed by atoms with Gasteiger partial charge in [0, 0.05) is 13.1 Å². The van der Waals surface area contributed by atoms with E-state index in [1.807, 2.05) is 18.8 Å². The van der Waals surface area contributed by atoms with Gasteiger partial charge >= 0.3 is 0 Å². The number of thioether (sulfide) groups is 1. The number of hydrogen-bond donors (Lipinski definition) is 0. The van der Waals surface area contributed by atoms with Crippen molar-refractivity contribution in [3.8, 4) is 5.88 Å². The minimum Gasteiger partial charge on any atom is -0.480 e. The van der Waals surface area contributed by atoms with Crippen LogP contribution in [0.15, 0.2) is 10.7 Å².